The van der Waals surface area contributed by atoms with Gasteiger partial charge in [-0.25, -0.2) is 0 Å². The van der Waals surface area contributed by atoms with Crippen molar-refractivity contribution in [3.63, 3.8) is 0 Å². The van der Waals surface area contributed by atoms with Gasteiger partial charge in [-0.05, 0) is 31.0 Å². The first-order valence-electron chi connectivity index (χ1n) is 9.20. The average molecular weight is 394 g/mol. The standard InChI is InChI=1S/C19H21F3N4O2/c20-19(21,22)12-4-3-5-13(10-12)24-17(27)11-16-18(28)25-14-6-1-2-7-15(14)26(16)9-8-23/h3-5,10,14-16H,1-2,6-7,9,11H2,(H,24,27)(H,25,28)/t14-,15+,16+/m0/s1. The van der Waals surface area contributed by atoms with Crippen LogP contribution in [0.3, 0.4) is 0 Å². The third-order valence-electron chi connectivity index (χ3n) is 5.29. The Morgan fingerprint density at radius 1 is 1.32 bits per heavy atom. The fourth-order valence-electron chi connectivity index (χ4n) is 4.02. The molecule has 9 heteroatoms. The molecule has 1 heterocycles. The summed E-state index contributed by atoms with van der Waals surface area (Å²) in [4.78, 5) is 26.7. The normalized spacial score (nSPS) is 25.4. The van der Waals surface area contributed by atoms with Crippen molar-refractivity contribution >= 4 is 17.5 Å². The zero-order chi connectivity index (χ0) is 20.3. The molecule has 1 saturated heterocycles. The van der Waals surface area contributed by atoms with Crippen LogP contribution in [0.15, 0.2) is 24.3 Å². The number of amides is 2. The predicted molar refractivity (Wildman–Crippen MR) is 95.0 cm³/mol. The van der Waals surface area contributed by atoms with Crippen molar-refractivity contribution in [2.45, 2.75) is 56.4 Å². The zero-order valence-corrected chi connectivity index (χ0v) is 15.1. The molecule has 1 aliphatic carbocycles. The van der Waals surface area contributed by atoms with Gasteiger partial charge in [0, 0.05) is 17.8 Å². The highest BCUT2D eigenvalue weighted by Gasteiger charge is 2.43. The number of nitrogens with zero attached hydrogens (tertiary/aromatic N) is 2. The van der Waals surface area contributed by atoms with Crippen LogP contribution in [0.1, 0.15) is 37.7 Å². The Bertz CT molecular complexity index is 790. The Kier molecular flexibility index (Phi) is 5.89. The van der Waals surface area contributed by atoms with Crippen LogP contribution in [0.4, 0.5) is 18.9 Å². The minimum absolute atomic E-state index is 0.00235. The highest BCUT2D eigenvalue weighted by Crippen LogP contribution is 2.31. The van der Waals surface area contributed by atoms with Gasteiger partial charge in [-0.2, -0.15) is 18.4 Å². The van der Waals surface area contributed by atoms with E-state index >= 15 is 0 Å². The molecule has 3 rings (SSSR count). The second-order valence-electron chi connectivity index (χ2n) is 7.14. The first-order chi connectivity index (χ1) is 13.3. The molecular weight excluding hydrogens is 373 g/mol. The van der Waals surface area contributed by atoms with Gasteiger partial charge in [0.2, 0.25) is 11.8 Å². The molecule has 2 aliphatic rings. The number of carbonyl (C=O) groups excluding carboxylic acids is 2. The lowest BCUT2D eigenvalue weighted by Gasteiger charge is -2.47. The maximum absolute atomic E-state index is 12.8. The molecule has 150 valence electrons. The third kappa shape index (κ3) is 4.44. The fraction of sp³-hybridized carbons (Fsp3) is 0.526. The number of hydrogen-bond donors (Lipinski definition) is 2. The van der Waals surface area contributed by atoms with Crippen molar-refractivity contribution in [2.24, 2.45) is 0 Å². The van der Waals surface area contributed by atoms with Gasteiger partial charge in [0.25, 0.3) is 0 Å². The summed E-state index contributed by atoms with van der Waals surface area (Å²) in [5, 5.41) is 14.5. The monoisotopic (exact) mass is 394 g/mol. The molecule has 1 saturated carbocycles. The quantitative estimate of drug-likeness (QED) is 0.769. The van der Waals surface area contributed by atoms with Crippen molar-refractivity contribution in [1.29, 1.82) is 5.26 Å². The molecule has 6 nitrogen and oxygen atoms in total. The Morgan fingerprint density at radius 2 is 2.07 bits per heavy atom. The number of benzene rings is 1. The summed E-state index contributed by atoms with van der Waals surface area (Å²) in [6, 6.07) is 5.55. The first-order valence-corrected chi connectivity index (χ1v) is 9.20. The van der Waals surface area contributed by atoms with E-state index in [0.29, 0.717) is 0 Å². The molecule has 28 heavy (non-hydrogen) atoms. The number of hydrogen-bond acceptors (Lipinski definition) is 4. The largest absolute Gasteiger partial charge is 0.416 e. The number of halogens is 3. The van der Waals surface area contributed by atoms with Gasteiger partial charge in [-0.15, -0.1) is 0 Å². The lowest BCUT2D eigenvalue weighted by Crippen LogP contribution is -2.66. The summed E-state index contributed by atoms with van der Waals surface area (Å²) in [5.41, 5.74) is -0.852. The molecule has 0 aromatic heterocycles. The number of fused-ring (bicyclic) bond motifs is 1. The van der Waals surface area contributed by atoms with Crippen molar-refractivity contribution in [2.75, 3.05) is 11.9 Å². The maximum atomic E-state index is 12.8. The van der Waals surface area contributed by atoms with E-state index in [4.69, 9.17) is 5.26 Å². The average Bonchev–Trinajstić information content (AvgIpc) is 2.64. The van der Waals surface area contributed by atoms with Crippen LogP contribution in [0.2, 0.25) is 0 Å². The molecule has 0 unspecified atom stereocenters. The molecule has 2 amide bonds. The van der Waals surface area contributed by atoms with Crippen molar-refractivity contribution in [3.05, 3.63) is 29.8 Å². The number of anilines is 1. The van der Waals surface area contributed by atoms with Crippen LogP contribution in [0.25, 0.3) is 0 Å². The third-order valence-corrected chi connectivity index (χ3v) is 5.29. The van der Waals surface area contributed by atoms with Crippen LogP contribution in [0.5, 0.6) is 0 Å². The molecule has 3 atom stereocenters. The lowest BCUT2D eigenvalue weighted by molar-refractivity contribution is -0.137. The Balaban J connectivity index is 1.71. The Morgan fingerprint density at radius 3 is 2.79 bits per heavy atom. The molecule has 1 aliphatic heterocycles. The van der Waals surface area contributed by atoms with Gasteiger partial charge in [0.15, 0.2) is 0 Å². The molecule has 0 bridgehead atoms. The first kappa shape index (κ1) is 20.1. The maximum Gasteiger partial charge on any atom is 0.416 e. The summed E-state index contributed by atoms with van der Waals surface area (Å²) < 4.78 is 38.5. The number of nitrogens with one attached hydrogen (secondary N) is 2. The highest BCUT2D eigenvalue weighted by atomic mass is 19.4. The number of carbonyl (C=O) groups is 2. The van der Waals surface area contributed by atoms with E-state index in [-0.39, 0.29) is 36.6 Å². The molecule has 2 N–H and O–H groups in total. The van der Waals surface area contributed by atoms with E-state index in [1.165, 1.54) is 12.1 Å². The summed E-state index contributed by atoms with van der Waals surface area (Å²) in [7, 11) is 0. The summed E-state index contributed by atoms with van der Waals surface area (Å²) in [5.74, 6) is -0.894. The molecule has 2 fully saturated rings. The van der Waals surface area contributed by atoms with Gasteiger partial charge >= 0.3 is 6.18 Å². The van der Waals surface area contributed by atoms with Crippen LogP contribution < -0.4 is 10.6 Å². The lowest BCUT2D eigenvalue weighted by atomic mass is 9.85. The van der Waals surface area contributed by atoms with Gasteiger partial charge in [0.05, 0.1) is 30.6 Å². The smallest absolute Gasteiger partial charge is 0.350 e. The van der Waals surface area contributed by atoms with Crippen LogP contribution in [-0.4, -0.2) is 41.4 Å². The fourth-order valence-corrected chi connectivity index (χ4v) is 4.02. The van der Waals surface area contributed by atoms with E-state index in [1.807, 2.05) is 0 Å². The van der Waals surface area contributed by atoms with E-state index < -0.39 is 23.7 Å². The van der Waals surface area contributed by atoms with E-state index in [2.05, 4.69) is 16.7 Å². The Labute approximate surface area is 160 Å². The van der Waals surface area contributed by atoms with E-state index in [9.17, 15) is 22.8 Å². The van der Waals surface area contributed by atoms with Crippen molar-refractivity contribution in [1.82, 2.24) is 10.2 Å². The summed E-state index contributed by atoms with van der Waals surface area (Å²) in [6.07, 6.45) is -1.08. The Hall–Kier alpha value is -2.60. The van der Waals surface area contributed by atoms with Crippen LogP contribution >= 0.6 is 0 Å². The van der Waals surface area contributed by atoms with Gasteiger partial charge < -0.3 is 10.6 Å². The molecule has 1 aromatic rings. The number of nitriles is 1. The minimum Gasteiger partial charge on any atom is -0.350 e. The second kappa shape index (κ2) is 8.19. The van der Waals surface area contributed by atoms with Crippen molar-refractivity contribution < 1.29 is 22.8 Å². The molecule has 0 radical (unpaired) electrons. The summed E-state index contributed by atoms with van der Waals surface area (Å²) in [6.45, 7) is 0.0239. The minimum atomic E-state index is -4.51. The van der Waals surface area contributed by atoms with Gasteiger partial charge in [0.1, 0.15) is 0 Å². The van der Waals surface area contributed by atoms with Gasteiger partial charge in [-0.3, -0.25) is 14.5 Å². The second-order valence-corrected chi connectivity index (χ2v) is 7.14. The SMILES string of the molecule is N#CCN1[C@H](CC(=O)Nc2cccc(C(F)(F)F)c2)C(=O)N[C@H]2CCCC[C@H]21. The highest BCUT2D eigenvalue weighted by molar-refractivity contribution is 5.95. The van der Waals surface area contributed by atoms with Crippen LogP contribution in [0, 0.1) is 11.3 Å². The predicted octanol–water partition coefficient (Wildman–Crippen LogP) is 2.67. The molecule has 0 spiro atoms. The summed E-state index contributed by atoms with van der Waals surface area (Å²) >= 11 is 0. The molecular formula is C19H21F3N4O2. The molecule has 1 aromatic carbocycles. The zero-order valence-electron chi connectivity index (χ0n) is 15.1. The van der Waals surface area contributed by atoms with Gasteiger partial charge in [-0.1, -0.05) is 18.9 Å². The van der Waals surface area contributed by atoms with Crippen LogP contribution in [-0.2, 0) is 15.8 Å². The number of alkyl halides is 3. The topological polar surface area (TPSA) is 85.2 Å². The van der Waals surface area contributed by atoms with Crippen molar-refractivity contribution in [3.8, 4) is 6.07 Å². The number of piperazine rings is 1. The van der Waals surface area contributed by atoms with E-state index in [1.54, 1.807) is 4.90 Å². The number of rotatable bonds is 4. The van der Waals surface area contributed by atoms with E-state index in [0.717, 1.165) is 37.8 Å².